The maximum absolute atomic E-state index is 9.80. The molecule has 0 radical (unpaired) electrons. The van der Waals surface area contributed by atoms with Gasteiger partial charge in [0.1, 0.15) is 0 Å². The van der Waals surface area contributed by atoms with E-state index in [4.69, 9.17) is 16.6 Å². The third-order valence-electron chi connectivity index (χ3n) is 5.80. The van der Waals surface area contributed by atoms with Gasteiger partial charge in [0.25, 0.3) is 0 Å². The van der Waals surface area contributed by atoms with Crippen LogP contribution in [-0.4, -0.2) is 22.7 Å². The highest BCUT2D eigenvalue weighted by molar-refractivity contribution is 7.16. The first-order chi connectivity index (χ1) is 13.0. The Morgan fingerprint density at radius 2 is 1.89 bits per heavy atom. The number of aryl methyl sites for hydroxylation is 1. The van der Waals surface area contributed by atoms with E-state index in [2.05, 4.69) is 18.7 Å². The second-order valence-corrected chi connectivity index (χ2v) is 9.76. The van der Waals surface area contributed by atoms with E-state index in [0.29, 0.717) is 11.1 Å². The number of aromatic nitrogens is 1. The fourth-order valence-electron chi connectivity index (χ4n) is 4.12. The number of aliphatic hydroxyl groups is 1. The number of anilines is 1. The quantitative estimate of drug-likeness (QED) is 0.498. The van der Waals surface area contributed by atoms with Gasteiger partial charge in [0.05, 0.1) is 16.8 Å². The highest BCUT2D eigenvalue weighted by Gasteiger charge is 2.45. The number of aliphatic hydroxyl groups excluding tert-OH is 1. The zero-order valence-electron chi connectivity index (χ0n) is 16.8. The summed E-state index contributed by atoms with van der Waals surface area (Å²) < 4.78 is 0. The first kappa shape index (κ1) is 21.9. The van der Waals surface area contributed by atoms with Crippen LogP contribution in [0.4, 0.5) is 5.13 Å². The summed E-state index contributed by atoms with van der Waals surface area (Å²) in [7, 11) is 0. The number of hydrogen-bond donors (Lipinski definition) is 1. The number of nitrogens with zero attached hydrogens (tertiary/aromatic N) is 2. The average Bonchev–Trinajstić information content (AvgIpc) is 3.55. The molecule has 2 fully saturated rings. The highest BCUT2D eigenvalue weighted by Crippen LogP contribution is 2.49. The first-order valence-electron chi connectivity index (χ1n) is 10.2. The van der Waals surface area contributed by atoms with Gasteiger partial charge in [0, 0.05) is 23.0 Å². The van der Waals surface area contributed by atoms with Gasteiger partial charge in [-0.05, 0) is 69.4 Å². The Labute approximate surface area is 183 Å². The van der Waals surface area contributed by atoms with E-state index in [0.717, 1.165) is 46.8 Å². The van der Waals surface area contributed by atoms with Crippen molar-refractivity contribution in [3.8, 4) is 11.3 Å². The largest absolute Gasteiger partial charge is 0.389 e. The molecule has 1 atom stereocenters. The minimum absolute atomic E-state index is 0. The average molecular weight is 441 g/mol. The van der Waals surface area contributed by atoms with E-state index >= 15 is 0 Å². The van der Waals surface area contributed by atoms with Crippen LogP contribution in [0.2, 0.25) is 5.02 Å². The summed E-state index contributed by atoms with van der Waals surface area (Å²) in [5.41, 5.74) is 2.79. The zero-order chi connectivity index (χ0) is 19.1. The highest BCUT2D eigenvalue weighted by atomic mass is 35.5. The molecule has 2 saturated carbocycles. The molecular weight excluding hydrogens is 411 g/mol. The Balaban J connectivity index is 0.00000225. The molecule has 0 amide bonds. The fourth-order valence-corrected chi connectivity index (χ4v) is 5.39. The number of hydrogen-bond acceptors (Lipinski definition) is 4. The summed E-state index contributed by atoms with van der Waals surface area (Å²) in [6.07, 6.45) is 6.15. The van der Waals surface area contributed by atoms with Gasteiger partial charge < -0.3 is 10.0 Å². The summed E-state index contributed by atoms with van der Waals surface area (Å²) >= 11 is 8.36. The summed E-state index contributed by atoms with van der Waals surface area (Å²) in [4.78, 5) is 8.89. The smallest absolute Gasteiger partial charge is 0.186 e. The van der Waals surface area contributed by atoms with Gasteiger partial charge in [-0.25, -0.2) is 4.98 Å². The van der Waals surface area contributed by atoms with Crippen molar-refractivity contribution < 1.29 is 5.11 Å². The Bertz CT molecular complexity index is 803. The Morgan fingerprint density at radius 1 is 1.25 bits per heavy atom. The fraction of sp³-hybridized carbons (Fsp3) is 0.591. The van der Waals surface area contributed by atoms with Crippen molar-refractivity contribution in [1.29, 1.82) is 0 Å². The summed E-state index contributed by atoms with van der Waals surface area (Å²) in [5.74, 6) is 1.73. The lowest BCUT2D eigenvalue weighted by Crippen LogP contribution is -2.39. The molecule has 1 unspecified atom stereocenters. The van der Waals surface area contributed by atoms with Gasteiger partial charge in [0.15, 0.2) is 5.13 Å². The van der Waals surface area contributed by atoms with Crippen LogP contribution in [0.25, 0.3) is 11.3 Å². The van der Waals surface area contributed by atoms with Crippen molar-refractivity contribution >= 4 is 40.5 Å². The third-order valence-corrected chi connectivity index (χ3v) is 7.12. The Morgan fingerprint density at radius 3 is 2.39 bits per heavy atom. The van der Waals surface area contributed by atoms with Crippen molar-refractivity contribution in [3.63, 3.8) is 0 Å². The van der Waals surface area contributed by atoms with E-state index in [1.165, 1.54) is 30.6 Å². The lowest BCUT2D eigenvalue weighted by atomic mass is 10.1. The third kappa shape index (κ3) is 4.51. The van der Waals surface area contributed by atoms with E-state index < -0.39 is 6.10 Å². The van der Waals surface area contributed by atoms with Crippen LogP contribution >= 0.6 is 35.3 Å². The molecule has 154 valence electrons. The van der Waals surface area contributed by atoms with Crippen LogP contribution in [-0.2, 0) is 0 Å². The van der Waals surface area contributed by atoms with Gasteiger partial charge in [-0.1, -0.05) is 30.7 Å². The van der Waals surface area contributed by atoms with Crippen molar-refractivity contribution in [2.24, 2.45) is 11.8 Å². The zero-order valence-corrected chi connectivity index (χ0v) is 19.2. The SMILES string of the molecule is CCCN(c1nc(-c2ccc(C(C)O)cc2Cl)c(C)s1)C(C1CC1)C1CC1.Cl. The van der Waals surface area contributed by atoms with Crippen LogP contribution in [0.3, 0.4) is 0 Å². The molecule has 3 nitrogen and oxygen atoms in total. The predicted octanol–water partition coefficient (Wildman–Crippen LogP) is 6.65. The molecule has 28 heavy (non-hydrogen) atoms. The van der Waals surface area contributed by atoms with Crippen LogP contribution < -0.4 is 4.90 Å². The second-order valence-electron chi connectivity index (χ2n) is 8.18. The normalized spacial score (nSPS) is 17.5. The van der Waals surface area contributed by atoms with Crippen LogP contribution in [0.5, 0.6) is 0 Å². The molecule has 6 heteroatoms. The monoisotopic (exact) mass is 440 g/mol. The minimum Gasteiger partial charge on any atom is -0.389 e. The molecule has 1 aromatic carbocycles. The molecule has 0 saturated heterocycles. The van der Waals surface area contributed by atoms with E-state index in [1.807, 2.05) is 18.2 Å². The summed E-state index contributed by atoms with van der Waals surface area (Å²) in [5, 5.41) is 11.6. The number of rotatable bonds is 8. The molecular formula is C22H30Cl2N2OS. The topological polar surface area (TPSA) is 36.4 Å². The van der Waals surface area contributed by atoms with Crippen LogP contribution in [0.1, 0.15) is 62.5 Å². The lowest BCUT2D eigenvalue weighted by molar-refractivity contribution is 0.199. The van der Waals surface area contributed by atoms with E-state index in [-0.39, 0.29) is 12.4 Å². The Kier molecular flexibility index (Phi) is 6.96. The first-order valence-corrected chi connectivity index (χ1v) is 11.4. The summed E-state index contributed by atoms with van der Waals surface area (Å²) in [6, 6.07) is 6.49. The number of benzene rings is 1. The van der Waals surface area contributed by atoms with E-state index in [1.54, 1.807) is 18.3 Å². The van der Waals surface area contributed by atoms with E-state index in [9.17, 15) is 5.11 Å². The molecule has 1 aromatic heterocycles. The molecule has 2 aliphatic carbocycles. The maximum atomic E-state index is 9.80. The molecule has 0 bridgehead atoms. The van der Waals surface area contributed by atoms with Crippen molar-refractivity contribution in [1.82, 2.24) is 4.98 Å². The van der Waals surface area contributed by atoms with Crippen LogP contribution in [0, 0.1) is 18.8 Å². The van der Waals surface area contributed by atoms with Gasteiger partial charge >= 0.3 is 0 Å². The molecule has 2 aromatic rings. The van der Waals surface area contributed by atoms with Crippen LogP contribution in [0.15, 0.2) is 18.2 Å². The molecule has 2 aliphatic rings. The minimum atomic E-state index is -0.512. The molecule has 4 rings (SSSR count). The molecule has 1 N–H and O–H groups in total. The predicted molar refractivity (Wildman–Crippen MR) is 122 cm³/mol. The van der Waals surface area contributed by atoms with Gasteiger partial charge in [-0.3, -0.25) is 0 Å². The molecule has 0 aliphatic heterocycles. The number of halogens is 2. The van der Waals surface area contributed by atoms with Crippen molar-refractivity contribution in [3.05, 3.63) is 33.7 Å². The summed E-state index contributed by atoms with van der Waals surface area (Å²) in [6.45, 7) is 7.24. The molecule has 1 heterocycles. The van der Waals surface area contributed by atoms with Gasteiger partial charge in [-0.2, -0.15) is 0 Å². The molecule has 0 spiro atoms. The van der Waals surface area contributed by atoms with Gasteiger partial charge in [0.2, 0.25) is 0 Å². The van der Waals surface area contributed by atoms with Gasteiger partial charge in [-0.15, -0.1) is 23.7 Å². The second kappa shape index (κ2) is 8.91. The van der Waals surface area contributed by atoms with Crippen molar-refractivity contribution in [2.45, 2.75) is 65.0 Å². The number of thiazole rings is 1. The van der Waals surface area contributed by atoms with Crippen molar-refractivity contribution in [2.75, 3.05) is 11.4 Å². The standard InChI is InChI=1S/C22H29ClN2OS.ClH/c1-4-11-25(21(15-5-6-15)16-7-8-16)22-24-20(14(3)27-22)18-10-9-17(13(2)26)12-19(18)23;/h9-10,12-13,15-16,21,26H,4-8,11H2,1-3H3;1H. The Hall–Kier alpha value is -0.810. The maximum Gasteiger partial charge on any atom is 0.186 e. The lowest BCUT2D eigenvalue weighted by Gasteiger charge is -2.32.